The van der Waals surface area contributed by atoms with E-state index in [9.17, 15) is 18.0 Å². The average Bonchev–Trinajstić information content (AvgIpc) is 3.06. The molecule has 21 heavy (non-hydrogen) atoms. The second-order valence-electron chi connectivity index (χ2n) is 4.90. The lowest BCUT2D eigenvalue weighted by molar-refractivity contribution is -0.131. The van der Waals surface area contributed by atoms with E-state index >= 15 is 0 Å². The van der Waals surface area contributed by atoms with Crippen molar-refractivity contribution in [3.8, 4) is 0 Å². The molecule has 1 atom stereocenters. The number of nitrogens with zero attached hydrogens (tertiary/aromatic N) is 1. The van der Waals surface area contributed by atoms with Crippen LogP contribution in [-0.4, -0.2) is 55.8 Å². The molecule has 116 valence electrons. The first kappa shape index (κ1) is 15.6. The minimum atomic E-state index is -3.05. The van der Waals surface area contributed by atoms with E-state index in [0.29, 0.717) is 13.0 Å². The number of rotatable bonds is 5. The SMILES string of the molecule is CCN(C(=O)CNC(=O)c1ccco1)C1CCS(=O)(=O)C1. The first-order valence-electron chi connectivity index (χ1n) is 6.74. The number of carbonyl (C=O) groups is 2. The Kier molecular flexibility index (Phi) is 4.66. The van der Waals surface area contributed by atoms with Crippen LogP contribution in [0.2, 0.25) is 0 Å². The van der Waals surface area contributed by atoms with E-state index in [1.165, 1.54) is 17.2 Å². The number of nitrogens with one attached hydrogen (secondary N) is 1. The van der Waals surface area contributed by atoms with Crippen LogP contribution in [0.1, 0.15) is 23.9 Å². The molecule has 1 fully saturated rings. The van der Waals surface area contributed by atoms with Gasteiger partial charge in [0.25, 0.3) is 5.91 Å². The smallest absolute Gasteiger partial charge is 0.287 e. The van der Waals surface area contributed by atoms with Gasteiger partial charge in [0.2, 0.25) is 5.91 Å². The molecule has 1 aromatic rings. The topological polar surface area (TPSA) is 96.7 Å². The van der Waals surface area contributed by atoms with Crippen LogP contribution in [0.25, 0.3) is 0 Å². The van der Waals surface area contributed by atoms with E-state index in [2.05, 4.69) is 5.32 Å². The van der Waals surface area contributed by atoms with Crippen LogP contribution < -0.4 is 5.32 Å². The summed E-state index contributed by atoms with van der Waals surface area (Å²) in [6.45, 7) is 2.02. The van der Waals surface area contributed by atoms with E-state index in [1.54, 1.807) is 13.0 Å². The van der Waals surface area contributed by atoms with Gasteiger partial charge in [-0.3, -0.25) is 9.59 Å². The van der Waals surface area contributed by atoms with Gasteiger partial charge in [-0.15, -0.1) is 0 Å². The highest BCUT2D eigenvalue weighted by Gasteiger charge is 2.33. The summed E-state index contributed by atoms with van der Waals surface area (Å²) in [7, 11) is -3.05. The van der Waals surface area contributed by atoms with Crippen molar-refractivity contribution in [2.24, 2.45) is 0 Å². The predicted molar refractivity (Wildman–Crippen MR) is 75.5 cm³/mol. The zero-order valence-electron chi connectivity index (χ0n) is 11.7. The van der Waals surface area contributed by atoms with E-state index < -0.39 is 15.7 Å². The number of sulfone groups is 1. The van der Waals surface area contributed by atoms with Crippen LogP contribution in [0, 0.1) is 0 Å². The van der Waals surface area contributed by atoms with Gasteiger partial charge in [-0.1, -0.05) is 0 Å². The van der Waals surface area contributed by atoms with Gasteiger partial charge in [-0.05, 0) is 25.5 Å². The normalized spacial score (nSPS) is 20.1. The maximum Gasteiger partial charge on any atom is 0.287 e. The molecule has 2 rings (SSSR count). The van der Waals surface area contributed by atoms with Crippen molar-refractivity contribution in [2.75, 3.05) is 24.6 Å². The van der Waals surface area contributed by atoms with E-state index in [1.807, 2.05) is 0 Å². The van der Waals surface area contributed by atoms with Crippen molar-refractivity contribution >= 4 is 21.7 Å². The van der Waals surface area contributed by atoms with Crippen LogP contribution in [0.3, 0.4) is 0 Å². The molecular formula is C13H18N2O5S. The summed E-state index contributed by atoms with van der Waals surface area (Å²) in [6.07, 6.45) is 1.83. The van der Waals surface area contributed by atoms with Crippen LogP contribution in [0.5, 0.6) is 0 Å². The molecule has 0 aliphatic carbocycles. The molecule has 7 nitrogen and oxygen atoms in total. The van der Waals surface area contributed by atoms with Crippen molar-refractivity contribution < 1.29 is 22.4 Å². The zero-order chi connectivity index (χ0) is 15.5. The minimum Gasteiger partial charge on any atom is -0.459 e. The number of carbonyl (C=O) groups excluding carboxylic acids is 2. The summed E-state index contributed by atoms with van der Waals surface area (Å²) < 4.78 is 27.9. The Balaban J connectivity index is 1.90. The molecule has 1 aliphatic heterocycles. The van der Waals surface area contributed by atoms with Gasteiger partial charge >= 0.3 is 0 Å². The highest BCUT2D eigenvalue weighted by Crippen LogP contribution is 2.17. The molecule has 1 unspecified atom stereocenters. The van der Waals surface area contributed by atoms with Crippen LogP contribution in [0.4, 0.5) is 0 Å². The Bertz CT molecular complexity index is 609. The van der Waals surface area contributed by atoms with Gasteiger partial charge in [0.1, 0.15) is 0 Å². The number of furan rings is 1. The molecule has 1 aliphatic rings. The molecule has 0 radical (unpaired) electrons. The fourth-order valence-electron chi connectivity index (χ4n) is 2.41. The summed E-state index contributed by atoms with van der Waals surface area (Å²) in [4.78, 5) is 25.3. The maximum absolute atomic E-state index is 12.1. The Morgan fingerprint density at radius 3 is 2.76 bits per heavy atom. The fraction of sp³-hybridized carbons (Fsp3) is 0.538. The van der Waals surface area contributed by atoms with Gasteiger partial charge in [0, 0.05) is 12.6 Å². The van der Waals surface area contributed by atoms with Crippen LogP contribution >= 0.6 is 0 Å². The molecule has 0 bridgehead atoms. The lowest BCUT2D eigenvalue weighted by Crippen LogP contribution is -2.46. The molecule has 0 spiro atoms. The molecule has 2 amide bonds. The average molecular weight is 314 g/mol. The van der Waals surface area contributed by atoms with Gasteiger partial charge in [-0.2, -0.15) is 0 Å². The van der Waals surface area contributed by atoms with Gasteiger partial charge in [0.15, 0.2) is 15.6 Å². The predicted octanol–water partition coefficient (Wildman–Crippen LogP) is 0.0450. The lowest BCUT2D eigenvalue weighted by atomic mass is 10.2. The number of hydrogen-bond acceptors (Lipinski definition) is 5. The summed E-state index contributed by atoms with van der Waals surface area (Å²) in [6, 6.07) is 2.78. The monoisotopic (exact) mass is 314 g/mol. The third-order valence-electron chi connectivity index (χ3n) is 3.46. The first-order chi connectivity index (χ1) is 9.93. The third-order valence-corrected chi connectivity index (χ3v) is 5.21. The number of likely N-dealkylation sites (N-methyl/N-ethyl adjacent to an activating group) is 1. The Morgan fingerprint density at radius 1 is 1.48 bits per heavy atom. The zero-order valence-corrected chi connectivity index (χ0v) is 12.6. The summed E-state index contributed by atoms with van der Waals surface area (Å²) in [5, 5.41) is 2.47. The van der Waals surface area contributed by atoms with E-state index in [0.717, 1.165) is 0 Å². The molecule has 0 aromatic carbocycles. The van der Waals surface area contributed by atoms with Crippen molar-refractivity contribution in [3.63, 3.8) is 0 Å². The van der Waals surface area contributed by atoms with Gasteiger partial charge in [-0.25, -0.2) is 8.42 Å². The second-order valence-corrected chi connectivity index (χ2v) is 7.13. The van der Waals surface area contributed by atoms with Crippen molar-refractivity contribution in [2.45, 2.75) is 19.4 Å². The highest BCUT2D eigenvalue weighted by atomic mass is 32.2. The Labute approximate surface area is 123 Å². The molecule has 1 N–H and O–H groups in total. The highest BCUT2D eigenvalue weighted by molar-refractivity contribution is 7.91. The summed E-state index contributed by atoms with van der Waals surface area (Å²) in [5.74, 6) is -0.518. The van der Waals surface area contributed by atoms with Gasteiger partial charge < -0.3 is 14.6 Å². The number of amides is 2. The molecule has 8 heteroatoms. The molecule has 1 aromatic heterocycles. The van der Waals surface area contributed by atoms with Crippen LogP contribution in [0.15, 0.2) is 22.8 Å². The first-order valence-corrected chi connectivity index (χ1v) is 8.56. The maximum atomic E-state index is 12.1. The molecule has 0 saturated carbocycles. The quantitative estimate of drug-likeness (QED) is 0.828. The van der Waals surface area contributed by atoms with Crippen molar-refractivity contribution in [1.82, 2.24) is 10.2 Å². The van der Waals surface area contributed by atoms with E-state index in [4.69, 9.17) is 4.42 Å². The summed E-state index contributed by atoms with van der Waals surface area (Å²) in [5.41, 5.74) is 0. The minimum absolute atomic E-state index is 0.00128. The van der Waals surface area contributed by atoms with E-state index in [-0.39, 0.29) is 35.8 Å². The lowest BCUT2D eigenvalue weighted by Gasteiger charge is -2.26. The van der Waals surface area contributed by atoms with Crippen molar-refractivity contribution in [1.29, 1.82) is 0 Å². The molecular weight excluding hydrogens is 296 g/mol. The van der Waals surface area contributed by atoms with Crippen LogP contribution in [-0.2, 0) is 14.6 Å². The third kappa shape index (κ3) is 3.84. The second kappa shape index (κ2) is 6.30. The van der Waals surface area contributed by atoms with Crippen molar-refractivity contribution in [3.05, 3.63) is 24.2 Å². The fourth-order valence-corrected chi connectivity index (χ4v) is 4.14. The standard InChI is InChI=1S/C13H18N2O5S/c1-2-15(10-5-7-21(18,19)9-10)12(16)8-14-13(17)11-4-3-6-20-11/h3-4,6,10H,2,5,7-9H2,1H3,(H,14,17). The Morgan fingerprint density at radius 2 is 2.24 bits per heavy atom. The molecule has 2 heterocycles. The largest absolute Gasteiger partial charge is 0.459 e. The summed E-state index contributed by atoms with van der Waals surface area (Å²) >= 11 is 0. The number of hydrogen-bond donors (Lipinski definition) is 1. The molecule has 1 saturated heterocycles. The van der Waals surface area contributed by atoms with Gasteiger partial charge in [0.05, 0.1) is 24.3 Å². The Hall–Kier alpha value is -1.83.